The van der Waals surface area contributed by atoms with E-state index in [1.165, 1.54) is 18.4 Å². The molecule has 0 aromatic heterocycles. The molecule has 0 amide bonds. The van der Waals surface area contributed by atoms with E-state index in [-0.39, 0.29) is 11.4 Å². The number of benzene rings is 1. The highest BCUT2D eigenvalue weighted by Crippen LogP contribution is 2.44. The Hall–Kier alpha value is -0.930. The van der Waals surface area contributed by atoms with Gasteiger partial charge in [-0.2, -0.15) is 0 Å². The number of rotatable bonds is 3. The molecule has 3 heteroatoms. The van der Waals surface area contributed by atoms with Crippen molar-refractivity contribution in [1.82, 2.24) is 10.2 Å². The second-order valence-electron chi connectivity index (χ2n) is 6.42. The molecule has 2 atom stereocenters. The van der Waals surface area contributed by atoms with Crippen LogP contribution in [-0.4, -0.2) is 29.6 Å². The third-order valence-corrected chi connectivity index (χ3v) is 4.77. The first kappa shape index (κ1) is 13.1. The third-order valence-electron chi connectivity index (χ3n) is 4.77. The van der Waals surface area contributed by atoms with Crippen LogP contribution in [0.5, 0.6) is 0 Å². The van der Waals surface area contributed by atoms with Crippen molar-refractivity contribution < 1.29 is 4.39 Å². The van der Waals surface area contributed by atoms with Gasteiger partial charge in [0.05, 0.1) is 0 Å². The maximum atomic E-state index is 13.0. The molecular weight excluding hydrogens is 239 g/mol. The van der Waals surface area contributed by atoms with Crippen molar-refractivity contribution in [2.45, 2.75) is 44.8 Å². The largest absolute Gasteiger partial charge is 0.311 e. The Morgan fingerprint density at radius 3 is 2.63 bits per heavy atom. The van der Waals surface area contributed by atoms with Crippen LogP contribution in [0.2, 0.25) is 0 Å². The van der Waals surface area contributed by atoms with Crippen molar-refractivity contribution in [2.24, 2.45) is 5.92 Å². The number of halogens is 1. The summed E-state index contributed by atoms with van der Waals surface area (Å²) >= 11 is 0. The van der Waals surface area contributed by atoms with E-state index in [9.17, 15) is 4.39 Å². The summed E-state index contributed by atoms with van der Waals surface area (Å²) in [6.07, 6.45) is 2.71. The van der Waals surface area contributed by atoms with Gasteiger partial charge < -0.3 is 5.32 Å². The van der Waals surface area contributed by atoms with Crippen LogP contribution < -0.4 is 5.32 Å². The molecule has 1 aromatic carbocycles. The molecule has 2 unspecified atom stereocenters. The van der Waals surface area contributed by atoms with Gasteiger partial charge in [-0.05, 0) is 50.3 Å². The highest BCUT2D eigenvalue weighted by Gasteiger charge is 2.47. The van der Waals surface area contributed by atoms with Crippen molar-refractivity contribution >= 4 is 0 Å². The number of hydrogen-bond donors (Lipinski definition) is 1. The molecule has 1 aromatic rings. The summed E-state index contributed by atoms with van der Waals surface area (Å²) in [5, 5.41) is 3.62. The second kappa shape index (κ2) is 4.88. The number of hydrogen-bond acceptors (Lipinski definition) is 2. The minimum absolute atomic E-state index is 0.151. The van der Waals surface area contributed by atoms with Gasteiger partial charge in [0.1, 0.15) is 5.82 Å². The Bertz CT molecular complexity index is 441. The second-order valence-corrected chi connectivity index (χ2v) is 6.42. The van der Waals surface area contributed by atoms with E-state index >= 15 is 0 Å². The number of piperazine rings is 1. The van der Waals surface area contributed by atoms with Gasteiger partial charge in [-0.3, -0.25) is 4.90 Å². The topological polar surface area (TPSA) is 15.3 Å². The average molecular weight is 262 g/mol. The predicted octanol–water partition coefficient (Wildman–Crippen LogP) is 2.79. The Labute approximate surface area is 115 Å². The zero-order valence-electron chi connectivity index (χ0n) is 11.8. The van der Waals surface area contributed by atoms with E-state index in [0.29, 0.717) is 6.04 Å². The van der Waals surface area contributed by atoms with Gasteiger partial charge in [0, 0.05) is 31.2 Å². The molecule has 1 aliphatic heterocycles. The third kappa shape index (κ3) is 2.67. The lowest BCUT2D eigenvalue weighted by Gasteiger charge is -2.48. The van der Waals surface area contributed by atoms with Crippen molar-refractivity contribution in [3.05, 3.63) is 35.6 Å². The molecule has 2 nitrogen and oxygen atoms in total. The fraction of sp³-hybridized carbons (Fsp3) is 0.625. The molecule has 1 N–H and O–H groups in total. The first-order valence-corrected chi connectivity index (χ1v) is 7.31. The van der Waals surface area contributed by atoms with Crippen LogP contribution in [-0.2, 0) is 6.54 Å². The fourth-order valence-corrected chi connectivity index (χ4v) is 3.26. The zero-order valence-corrected chi connectivity index (χ0v) is 11.8. The number of nitrogens with one attached hydrogen (secondary N) is 1. The highest BCUT2D eigenvalue weighted by atomic mass is 19.1. The summed E-state index contributed by atoms with van der Waals surface area (Å²) in [5.41, 5.74) is 1.48. The van der Waals surface area contributed by atoms with Gasteiger partial charge in [0.25, 0.3) is 0 Å². The Morgan fingerprint density at radius 1 is 1.32 bits per heavy atom. The van der Waals surface area contributed by atoms with Crippen molar-refractivity contribution in [3.8, 4) is 0 Å². The number of nitrogens with zero attached hydrogens (tertiary/aromatic N) is 1. The molecule has 0 radical (unpaired) electrons. The summed E-state index contributed by atoms with van der Waals surface area (Å²) in [4.78, 5) is 2.60. The molecule has 1 heterocycles. The quantitative estimate of drug-likeness (QED) is 0.901. The smallest absolute Gasteiger partial charge is 0.123 e. The molecule has 19 heavy (non-hydrogen) atoms. The van der Waals surface area contributed by atoms with Gasteiger partial charge in [0.15, 0.2) is 0 Å². The maximum Gasteiger partial charge on any atom is 0.123 e. The van der Waals surface area contributed by atoms with Crippen LogP contribution in [0.25, 0.3) is 0 Å². The lowest BCUT2D eigenvalue weighted by atomic mass is 9.89. The SMILES string of the molecule is CC1CN(Cc2ccc(F)cc2)C(C)(C2CC2)CN1. The highest BCUT2D eigenvalue weighted by molar-refractivity contribution is 5.17. The fourth-order valence-electron chi connectivity index (χ4n) is 3.26. The van der Waals surface area contributed by atoms with Gasteiger partial charge in [-0.1, -0.05) is 12.1 Å². The minimum atomic E-state index is -0.151. The first-order valence-electron chi connectivity index (χ1n) is 7.31. The molecule has 104 valence electrons. The van der Waals surface area contributed by atoms with Crippen molar-refractivity contribution in [3.63, 3.8) is 0 Å². The molecule has 0 spiro atoms. The lowest BCUT2D eigenvalue weighted by Crippen LogP contribution is -2.63. The van der Waals surface area contributed by atoms with Crippen molar-refractivity contribution in [2.75, 3.05) is 13.1 Å². The maximum absolute atomic E-state index is 13.0. The van der Waals surface area contributed by atoms with E-state index in [4.69, 9.17) is 0 Å². The zero-order chi connectivity index (χ0) is 13.5. The van der Waals surface area contributed by atoms with Crippen LogP contribution in [0.3, 0.4) is 0 Å². The molecular formula is C16H23FN2. The van der Waals surface area contributed by atoms with Gasteiger partial charge in [-0.25, -0.2) is 4.39 Å². The van der Waals surface area contributed by atoms with E-state index in [0.717, 1.165) is 25.6 Å². The molecule has 1 aliphatic carbocycles. The lowest BCUT2D eigenvalue weighted by molar-refractivity contribution is 0.0312. The van der Waals surface area contributed by atoms with E-state index in [1.54, 1.807) is 12.1 Å². The van der Waals surface area contributed by atoms with Crippen LogP contribution in [0.4, 0.5) is 4.39 Å². The standard InChI is InChI=1S/C16H23FN2/c1-12-9-19(10-13-3-7-15(17)8-4-13)16(2,11-18-12)14-5-6-14/h3-4,7-8,12,14,18H,5-6,9-11H2,1-2H3. The van der Waals surface area contributed by atoms with Crippen LogP contribution >= 0.6 is 0 Å². The first-order chi connectivity index (χ1) is 9.08. The van der Waals surface area contributed by atoms with Crippen LogP contribution in [0.1, 0.15) is 32.3 Å². The van der Waals surface area contributed by atoms with Gasteiger partial charge >= 0.3 is 0 Å². The van der Waals surface area contributed by atoms with E-state index in [1.807, 2.05) is 12.1 Å². The summed E-state index contributed by atoms with van der Waals surface area (Å²) in [5.74, 6) is 0.676. The normalized spacial score (nSPS) is 32.5. The van der Waals surface area contributed by atoms with Crippen molar-refractivity contribution in [1.29, 1.82) is 0 Å². The minimum Gasteiger partial charge on any atom is -0.311 e. The van der Waals surface area contributed by atoms with E-state index < -0.39 is 0 Å². The van der Waals surface area contributed by atoms with Gasteiger partial charge in [0.2, 0.25) is 0 Å². The Balaban J connectivity index is 1.77. The molecule has 2 fully saturated rings. The summed E-state index contributed by atoms with van der Waals surface area (Å²) in [6.45, 7) is 7.70. The van der Waals surface area contributed by atoms with Crippen LogP contribution in [0.15, 0.2) is 24.3 Å². The van der Waals surface area contributed by atoms with Gasteiger partial charge in [-0.15, -0.1) is 0 Å². The molecule has 2 aliphatic rings. The molecule has 1 saturated carbocycles. The molecule has 0 bridgehead atoms. The van der Waals surface area contributed by atoms with E-state index in [2.05, 4.69) is 24.1 Å². The molecule has 3 rings (SSSR count). The summed E-state index contributed by atoms with van der Waals surface area (Å²) in [7, 11) is 0. The van der Waals surface area contributed by atoms with Crippen LogP contribution in [0, 0.1) is 11.7 Å². The predicted molar refractivity (Wildman–Crippen MR) is 75.4 cm³/mol. The molecule has 1 saturated heterocycles. The monoisotopic (exact) mass is 262 g/mol. The summed E-state index contributed by atoms with van der Waals surface area (Å²) < 4.78 is 13.0. The average Bonchev–Trinajstić information content (AvgIpc) is 3.21. The Morgan fingerprint density at radius 2 is 2.00 bits per heavy atom. The summed E-state index contributed by atoms with van der Waals surface area (Å²) in [6, 6.07) is 7.49. The Kier molecular flexibility index (Phi) is 3.35.